The average Bonchev–Trinajstić information content (AvgIpc) is 2.69. The highest BCUT2D eigenvalue weighted by Crippen LogP contribution is 2.33. The molecule has 2 saturated heterocycles. The van der Waals surface area contributed by atoms with Crippen LogP contribution in [0.4, 0.5) is 0 Å². The second-order valence-corrected chi connectivity index (χ2v) is 8.83. The summed E-state index contributed by atoms with van der Waals surface area (Å²) in [7, 11) is 1.76. The molecule has 6 heteroatoms. The van der Waals surface area contributed by atoms with E-state index in [0.717, 1.165) is 31.4 Å². The lowest BCUT2D eigenvalue weighted by molar-refractivity contribution is -0.187. The molecule has 2 atom stereocenters. The lowest BCUT2D eigenvalue weighted by Crippen LogP contribution is -2.46. The maximum atomic E-state index is 11.7. The fraction of sp³-hybridized carbons (Fsp3) is 0.708. The standard InChI is InChI=1S/C24H39NO5/c1-6-7-8-22(26)25-20-16-28-23(29-17-20)12-10-18(2)9-11-21-13-19(15-27-5)14-24(3,4)30-21/h7-11,19-21,23H,6,12-17H2,1-5H3,(H,25,26)/b8-7-,11-9+,18-10+/t19-,20?,21+,23?/m0/s1. The molecule has 6 nitrogen and oxygen atoms in total. The van der Waals surface area contributed by atoms with Gasteiger partial charge in [-0.05, 0) is 52.0 Å². The summed E-state index contributed by atoms with van der Waals surface area (Å²) in [6.07, 6.45) is 13.1. The Labute approximate surface area is 181 Å². The number of amides is 1. The molecule has 0 aromatic heterocycles. The zero-order valence-corrected chi connectivity index (χ0v) is 19.2. The summed E-state index contributed by atoms with van der Waals surface area (Å²) in [6, 6.07) is -0.105. The van der Waals surface area contributed by atoms with Gasteiger partial charge in [0.2, 0.25) is 5.91 Å². The van der Waals surface area contributed by atoms with Gasteiger partial charge >= 0.3 is 0 Å². The summed E-state index contributed by atoms with van der Waals surface area (Å²) in [6.45, 7) is 10.1. The third kappa shape index (κ3) is 9.13. The lowest BCUT2D eigenvalue weighted by atomic mass is 9.85. The zero-order chi connectivity index (χ0) is 22.0. The van der Waals surface area contributed by atoms with Crippen molar-refractivity contribution in [2.75, 3.05) is 26.9 Å². The normalized spacial score (nSPS) is 30.1. The van der Waals surface area contributed by atoms with Crippen molar-refractivity contribution < 1.29 is 23.7 Å². The number of ether oxygens (including phenoxy) is 4. The predicted octanol–water partition coefficient (Wildman–Crippen LogP) is 3.92. The van der Waals surface area contributed by atoms with E-state index < -0.39 is 0 Å². The number of nitrogens with one attached hydrogen (secondary N) is 1. The number of hydrogen-bond donors (Lipinski definition) is 1. The van der Waals surface area contributed by atoms with Crippen LogP contribution in [0, 0.1) is 5.92 Å². The molecule has 2 aliphatic rings. The van der Waals surface area contributed by atoms with Crippen LogP contribution < -0.4 is 5.32 Å². The largest absolute Gasteiger partial charge is 0.384 e. The minimum Gasteiger partial charge on any atom is -0.384 e. The van der Waals surface area contributed by atoms with Crippen LogP contribution in [-0.2, 0) is 23.7 Å². The van der Waals surface area contributed by atoms with Crippen LogP contribution in [0.25, 0.3) is 0 Å². The first-order chi connectivity index (χ1) is 14.3. The Balaban J connectivity index is 1.75. The van der Waals surface area contributed by atoms with Gasteiger partial charge in [-0.25, -0.2) is 0 Å². The van der Waals surface area contributed by atoms with Crippen molar-refractivity contribution in [3.8, 4) is 0 Å². The van der Waals surface area contributed by atoms with E-state index in [1.54, 1.807) is 13.2 Å². The van der Waals surface area contributed by atoms with Crippen LogP contribution in [0.2, 0.25) is 0 Å². The van der Waals surface area contributed by atoms with Crippen LogP contribution in [0.5, 0.6) is 0 Å². The van der Waals surface area contributed by atoms with Gasteiger partial charge in [-0.15, -0.1) is 0 Å². The molecule has 2 rings (SSSR count). The predicted molar refractivity (Wildman–Crippen MR) is 118 cm³/mol. The van der Waals surface area contributed by atoms with E-state index in [1.807, 2.05) is 13.0 Å². The van der Waals surface area contributed by atoms with E-state index >= 15 is 0 Å². The van der Waals surface area contributed by atoms with E-state index in [4.69, 9.17) is 18.9 Å². The highest BCUT2D eigenvalue weighted by molar-refractivity contribution is 5.87. The zero-order valence-electron chi connectivity index (χ0n) is 19.2. The number of allylic oxidation sites excluding steroid dienone is 3. The second kappa shape index (κ2) is 12.4. The van der Waals surface area contributed by atoms with Crippen molar-refractivity contribution in [3.63, 3.8) is 0 Å². The number of carbonyl (C=O) groups is 1. The molecule has 0 unspecified atom stereocenters. The summed E-state index contributed by atoms with van der Waals surface area (Å²) in [5, 5.41) is 2.89. The first kappa shape index (κ1) is 24.8. The summed E-state index contributed by atoms with van der Waals surface area (Å²) in [5.74, 6) is 0.418. The molecule has 0 aromatic rings. The highest BCUT2D eigenvalue weighted by atomic mass is 16.7. The third-order valence-electron chi connectivity index (χ3n) is 5.24. The molecular weight excluding hydrogens is 382 g/mol. The van der Waals surface area contributed by atoms with Gasteiger partial charge in [0.05, 0.1) is 31.0 Å². The molecule has 0 aliphatic carbocycles. The van der Waals surface area contributed by atoms with Crippen molar-refractivity contribution in [2.24, 2.45) is 5.92 Å². The minimum absolute atomic E-state index is 0.102. The Hall–Kier alpha value is -1.47. The van der Waals surface area contributed by atoms with Gasteiger partial charge in [0, 0.05) is 20.1 Å². The summed E-state index contributed by atoms with van der Waals surface area (Å²) in [5.41, 5.74) is 1.02. The molecule has 0 bridgehead atoms. The molecule has 30 heavy (non-hydrogen) atoms. The maximum absolute atomic E-state index is 11.7. The van der Waals surface area contributed by atoms with Gasteiger partial charge < -0.3 is 24.3 Å². The van der Waals surface area contributed by atoms with E-state index in [9.17, 15) is 4.79 Å². The molecule has 2 fully saturated rings. The lowest BCUT2D eigenvalue weighted by Gasteiger charge is -2.39. The van der Waals surface area contributed by atoms with Gasteiger partial charge in [-0.3, -0.25) is 4.79 Å². The van der Waals surface area contributed by atoms with Crippen LogP contribution in [0.3, 0.4) is 0 Å². The van der Waals surface area contributed by atoms with E-state index in [2.05, 4.69) is 44.3 Å². The van der Waals surface area contributed by atoms with Gasteiger partial charge in [-0.1, -0.05) is 36.8 Å². The Morgan fingerprint density at radius 1 is 1.23 bits per heavy atom. The van der Waals surface area contributed by atoms with Crippen LogP contribution in [0.15, 0.2) is 36.0 Å². The molecule has 0 aromatic carbocycles. The minimum atomic E-state index is -0.274. The maximum Gasteiger partial charge on any atom is 0.244 e. The number of rotatable bonds is 9. The summed E-state index contributed by atoms with van der Waals surface area (Å²) >= 11 is 0. The summed E-state index contributed by atoms with van der Waals surface area (Å²) in [4.78, 5) is 11.7. The van der Waals surface area contributed by atoms with Crippen molar-refractivity contribution in [1.82, 2.24) is 5.32 Å². The topological polar surface area (TPSA) is 66.0 Å². The number of methoxy groups -OCH3 is 1. The van der Waals surface area contributed by atoms with Gasteiger partial charge in [0.15, 0.2) is 6.29 Å². The Bertz CT molecular complexity index is 617. The highest BCUT2D eigenvalue weighted by Gasteiger charge is 2.33. The van der Waals surface area contributed by atoms with Crippen molar-refractivity contribution in [1.29, 1.82) is 0 Å². The summed E-state index contributed by atoms with van der Waals surface area (Å²) < 4.78 is 23.0. The quantitative estimate of drug-likeness (QED) is 0.451. The second-order valence-electron chi connectivity index (χ2n) is 8.83. The molecule has 0 spiro atoms. The number of carbonyl (C=O) groups excluding carboxylic acids is 1. The molecule has 2 aliphatic heterocycles. The van der Waals surface area contributed by atoms with Crippen LogP contribution >= 0.6 is 0 Å². The molecule has 0 radical (unpaired) electrons. The average molecular weight is 422 g/mol. The fourth-order valence-corrected chi connectivity index (χ4v) is 3.94. The third-order valence-corrected chi connectivity index (χ3v) is 5.24. The van der Waals surface area contributed by atoms with Crippen molar-refractivity contribution in [2.45, 2.75) is 77.4 Å². The van der Waals surface area contributed by atoms with Crippen LogP contribution in [-0.4, -0.2) is 56.9 Å². The fourth-order valence-electron chi connectivity index (χ4n) is 3.94. The van der Waals surface area contributed by atoms with Crippen molar-refractivity contribution >= 4 is 5.91 Å². The van der Waals surface area contributed by atoms with Gasteiger partial charge in [0.25, 0.3) is 0 Å². The van der Waals surface area contributed by atoms with Crippen LogP contribution in [0.1, 0.15) is 53.4 Å². The molecular formula is C24H39NO5. The van der Waals surface area contributed by atoms with E-state index in [-0.39, 0.29) is 29.9 Å². The monoisotopic (exact) mass is 421 g/mol. The molecule has 1 N–H and O–H groups in total. The Kier molecular flexibility index (Phi) is 10.2. The Morgan fingerprint density at radius 3 is 2.63 bits per heavy atom. The van der Waals surface area contributed by atoms with Gasteiger partial charge in [0.1, 0.15) is 0 Å². The first-order valence-electron chi connectivity index (χ1n) is 11.0. The first-order valence-corrected chi connectivity index (χ1v) is 11.0. The Morgan fingerprint density at radius 2 is 1.97 bits per heavy atom. The SMILES string of the molecule is CC/C=C\C(=O)NC1COC(C/C=C(C)/C=C/[C@@H]2C[C@H](COC)CC(C)(C)O2)OC1. The van der Waals surface area contributed by atoms with E-state index in [1.165, 1.54) is 0 Å². The van der Waals surface area contributed by atoms with Crippen molar-refractivity contribution in [3.05, 3.63) is 36.0 Å². The van der Waals surface area contributed by atoms with E-state index in [0.29, 0.717) is 25.6 Å². The van der Waals surface area contributed by atoms with Gasteiger partial charge in [-0.2, -0.15) is 0 Å². The molecule has 1 amide bonds. The molecule has 0 saturated carbocycles. The number of hydrogen-bond acceptors (Lipinski definition) is 5. The molecule has 170 valence electrons. The smallest absolute Gasteiger partial charge is 0.244 e. The molecule has 2 heterocycles.